The van der Waals surface area contributed by atoms with Gasteiger partial charge in [-0.25, -0.2) is 0 Å². The molecule has 0 nitrogen and oxygen atoms in total. The molecule has 0 atom stereocenters. The van der Waals surface area contributed by atoms with Gasteiger partial charge in [0.1, 0.15) is 0 Å². The van der Waals surface area contributed by atoms with Crippen LogP contribution >= 0.6 is 11.3 Å². The predicted octanol–water partition coefficient (Wildman–Crippen LogP) is 3.26. The van der Waals surface area contributed by atoms with Crippen molar-refractivity contribution in [3.63, 3.8) is 0 Å². The molecule has 0 radical (unpaired) electrons. The van der Waals surface area contributed by atoms with Gasteiger partial charge in [-0.15, -0.1) is 0 Å². The van der Waals surface area contributed by atoms with Gasteiger partial charge in [-0.3, -0.25) is 0 Å². The minimum absolute atomic E-state index is 0.893. The Labute approximate surface area is 71.6 Å². The van der Waals surface area contributed by atoms with Gasteiger partial charge in [0, 0.05) is 0 Å². The second-order valence-corrected chi connectivity index (χ2v) is 3.92. The van der Waals surface area contributed by atoms with Gasteiger partial charge in [0.15, 0.2) is 0 Å². The van der Waals surface area contributed by atoms with Crippen LogP contribution in [0.4, 0.5) is 0 Å². The first-order valence-corrected chi connectivity index (χ1v) is 5.05. The van der Waals surface area contributed by atoms with Crippen LogP contribution in [-0.4, -0.2) is 0 Å². The molecule has 1 heteroatoms. The summed E-state index contributed by atoms with van der Waals surface area (Å²) in [5, 5.41) is 4.43. The van der Waals surface area contributed by atoms with Gasteiger partial charge in [0.2, 0.25) is 0 Å². The third kappa shape index (κ3) is 1.72. The number of hydrogen-bond acceptors (Lipinski definition) is 1. The molecular weight excluding hydrogens is 152 g/mol. The van der Waals surface area contributed by atoms with Crippen molar-refractivity contribution in [2.75, 3.05) is 0 Å². The van der Waals surface area contributed by atoms with Crippen LogP contribution in [0.1, 0.15) is 18.4 Å². The Morgan fingerprint density at radius 1 is 1.36 bits per heavy atom. The smallest absolute Gasteiger partial charge is 0.00612 e. The lowest BCUT2D eigenvalue weighted by Crippen LogP contribution is -1.97. The highest BCUT2D eigenvalue weighted by atomic mass is 32.1. The summed E-state index contributed by atoms with van der Waals surface area (Å²) in [5.41, 5.74) is 1.52. The number of hydrogen-bond donors (Lipinski definition) is 0. The van der Waals surface area contributed by atoms with Crippen LogP contribution in [0.3, 0.4) is 0 Å². The minimum atomic E-state index is 0.893. The van der Waals surface area contributed by atoms with Crippen LogP contribution in [-0.2, 0) is 6.42 Å². The second kappa shape index (κ2) is 3.22. The fourth-order valence-corrected chi connectivity index (χ4v) is 2.26. The molecule has 1 aliphatic carbocycles. The summed E-state index contributed by atoms with van der Waals surface area (Å²) in [6, 6.07) is 2.24. The van der Waals surface area contributed by atoms with E-state index in [4.69, 9.17) is 0 Å². The molecule has 2 rings (SSSR count). The van der Waals surface area contributed by atoms with E-state index in [1.807, 2.05) is 0 Å². The molecule has 1 aromatic rings. The van der Waals surface area contributed by atoms with E-state index in [-0.39, 0.29) is 0 Å². The molecular formula is C10H12S. The number of thiophene rings is 1. The van der Waals surface area contributed by atoms with E-state index in [1.54, 1.807) is 11.3 Å². The molecule has 0 bridgehead atoms. The first-order chi connectivity index (χ1) is 5.45. The van der Waals surface area contributed by atoms with Gasteiger partial charge in [0.05, 0.1) is 0 Å². The minimum Gasteiger partial charge on any atom is -0.152 e. The third-order valence-corrected chi connectivity index (χ3v) is 2.94. The van der Waals surface area contributed by atoms with Crippen LogP contribution in [0, 0.1) is 5.92 Å². The van der Waals surface area contributed by atoms with Crippen molar-refractivity contribution in [1.82, 2.24) is 0 Å². The predicted molar refractivity (Wildman–Crippen MR) is 49.9 cm³/mol. The van der Waals surface area contributed by atoms with Crippen molar-refractivity contribution in [2.24, 2.45) is 5.92 Å². The summed E-state index contributed by atoms with van der Waals surface area (Å²) in [6.07, 6.45) is 8.45. The zero-order valence-electron chi connectivity index (χ0n) is 6.49. The van der Waals surface area contributed by atoms with Gasteiger partial charge in [-0.2, -0.15) is 11.3 Å². The van der Waals surface area contributed by atoms with E-state index >= 15 is 0 Å². The Morgan fingerprint density at radius 2 is 2.18 bits per heavy atom. The maximum absolute atomic E-state index is 2.30. The largest absolute Gasteiger partial charge is 0.152 e. The Morgan fingerprint density at radius 3 is 2.82 bits per heavy atom. The summed E-state index contributed by atoms with van der Waals surface area (Å²) >= 11 is 1.80. The molecule has 0 N–H and O–H groups in total. The van der Waals surface area contributed by atoms with Crippen molar-refractivity contribution in [3.8, 4) is 0 Å². The van der Waals surface area contributed by atoms with Crippen molar-refractivity contribution in [1.29, 1.82) is 0 Å². The molecule has 1 aliphatic rings. The molecule has 11 heavy (non-hydrogen) atoms. The van der Waals surface area contributed by atoms with E-state index in [9.17, 15) is 0 Å². The van der Waals surface area contributed by atoms with E-state index in [0.717, 1.165) is 5.92 Å². The van der Waals surface area contributed by atoms with Crippen LogP contribution in [0.25, 0.3) is 0 Å². The molecule has 0 unspecified atom stereocenters. The Bertz CT molecular complexity index is 225. The Balaban J connectivity index is 1.91. The highest BCUT2D eigenvalue weighted by molar-refractivity contribution is 7.07. The van der Waals surface area contributed by atoms with Gasteiger partial charge in [-0.1, -0.05) is 12.2 Å². The van der Waals surface area contributed by atoms with Crippen LogP contribution in [0.15, 0.2) is 29.0 Å². The first-order valence-electron chi connectivity index (χ1n) is 4.11. The molecule has 0 fully saturated rings. The van der Waals surface area contributed by atoms with E-state index < -0.39 is 0 Å². The van der Waals surface area contributed by atoms with Crippen molar-refractivity contribution < 1.29 is 0 Å². The zero-order chi connectivity index (χ0) is 7.52. The maximum atomic E-state index is 2.30. The molecule has 0 amide bonds. The first kappa shape index (κ1) is 7.11. The summed E-state index contributed by atoms with van der Waals surface area (Å²) in [4.78, 5) is 0. The molecule has 0 saturated carbocycles. The molecule has 1 aromatic heterocycles. The van der Waals surface area contributed by atoms with Crippen molar-refractivity contribution in [2.45, 2.75) is 19.3 Å². The lowest BCUT2D eigenvalue weighted by atomic mass is 9.99. The quantitative estimate of drug-likeness (QED) is 0.588. The second-order valence-electron chi connectivity index (χ2n) is 3.14. The van der Waals surface area contributed by atoms with Crippen molar-refractivity contribution in [3.05, 3.63) is 34.5 Å². The molecule has 0 aromatic carbocycles. The lowest BCUT2D eigenvalue weighted by Gasteiger charge is -2.05. The van der Waals surface area contributed by atoms with Gasteiger partial charge in [0.25, 0.3) is 0 Å². The highest BCUT2D eigenvalue weighted by Gasteiger charge is 2.10. The Kier molecular flexibility index (Phi) is 2.08. The monoisotopic (exact) mass is 164 g/mol. The molecule has 0 aliphatic heterocycles. The van der Waals surface area contributed by atoms with Crippen LogP contribution in [0.5, 0.6) is 0 Å². The van der Waals surface area contributed by atoms with Gasteiger partial charge in [-0.05, 0) is 47.6 Å². The maximum Gasteiger partial charge on any atom is -0.00612 e. The number of rotatable bonds is 2. The molecule has 1 heterocycles. The van der Waals surface area contributed by atoms with Crippen molar-refractivity contribution >= 4 is 11.3 Å². The molecule has 58 valence electrons. The van der Waals surface area contributed by atoms with E-state index in [2.05, 4.69) is 29.0 Å². The fraction of sp³-hybridized carbons (Fsp3) is 0.400. The van der Waals surface area contributed by atoms with Crippen LogP contribution < -0.4 is 0 Å². The fourth-order valence-electron chi connectivity index (χ4n) is 1.58. The normalized spacial score (nSPS) is 17.8. The standard InChI is InChI=1S/C10H12S/c1-2-4-9(3-1)7-10-5-6-11-8-10/h1-2,5-6,8-9H,3-4,7H2. The number of allylic oxidation sites excluding steroid dienone is 2. The lowest BCUT2D eigenvalue weighted by molar-refractivity contribution is 0.568. The molecule has 0 saturated heterocycles. The topological polar surface area (TPSA) is 0 Å². The van der Waals surface area contributed by atoms with E-state index in [0.29, 0.717) is 0 Å². The van der Waals surface area contributed by atoms with Gasteiger partial charge < -0.3 is 0 Å². The third-order valence-electron chi connectivity index (χ3n) is 2.21. The van der Waals surface area contributed by atoms with E-state index in [1.165, 1.54) is 24.8 Å². The average Bonchev–Trinajstić information content (AvgIpc) is 2.60. The summed E-state index contributed by atoms with van der Waals surface area (Å²) < 4.78 is 0. The SMILES string of the molecule is C1=CCC(Cc2ccsc2)C1. The van der Waals surface area contributed by atoms with Crippen LogP contribution in [0.2, 0.25) is 0 Å². The summed E-state index contributed by atoms with van der Waals surface area (Å²) in [6.45, 7) is 0. The summed E-state index contributed by atoms with van der Waals surface area (Å²) in [5.74, 6) is 0.893. The summed E-state index contributed by atoms with van der Waals surface area (Å²) in [7, 11) is 0. The Hall–Kier alpha value is -0.560. The zero-order valence-corrected chi connectivity index (χ0v) is 7.31. The highest BCUT2D eigenvalue weighted by Crippen LogP contribution is 2.23. The average molecular weight is 164 g/mol. The molecule has 0 spiro atoms. The van der Waals surface area contributed by atoms with Gasteiger partial charge >= 0.3 is 0 Å².